The molecule has 0 unspecified atom stereocenters. The maximum atomic E-state index is 13.8. The molecule has 196 valence electrons. The third-order valence-corrected chi connectivity index (χ3v) is 4.54. The van der Waals surface area contributed by atoms with E-state index in [1.807, 2.05) is 0 Å². The Hall–Kier alpha value is -1.67. The van der Waals surface area contributed by atoms with E-state index < -0.39 is 86.0 Å². The maximum Gasteiger partial charge on any atom is 0.384 e. The summed E-state index contributed by atoms with van der Waals surface area (Å²) >= 11 is 0. The molecule has 0 aromatic rings. The molecule has 0 aliphatic carbocycles. The van der Waals surface area contributed by atoms with Crippen LogP contribution in [0.2, 0.25) is 0 Å². The molecule has 0 spiro atoms. The third-order valence-electron chi connectivity index (χ3n) is 4.54. The van der Waals surface area contributed by atoms with Crippen LogP contribution in [0.15, 0.2) is 12.2 Å². The minimum absolute atomic E-state index is 0.127. The minimum Gasteiger partial charge on any atom is -0.462 e. The molecule has 0 aliphatic heterocycles. The van der Waals surface area contributed by atoms with Crippen LogP contribution >= 0.6 is 0 Å². The van der Waals surface area contributed by atoms with E-state index in [4.69, 9.17) is 5.11 Å². The third kappa shape index (κ3) is 6.07. The van der Waals surface area contributed by atoms with Gasteiger partial charge in [0.25, 0.3) is 0 Å². The molecule has 0 saturated heterocycles. The zero-order valence-electron chi connectivity index (χ0n) is 17.2. The van der Waals surface area contributed by atoms with E-state index in [9.17, 15) is 57.5 Å². The number of aliphatic hydroxyl groups excluding tert-OH is 1. The van der Waals surface area contributed by atoms with Crippen LogP contribution in [0.1, 0.15) is 45.4 Å². The molecular formula is C18H22F12O3. The molecule has 0 aromatic carbocycles. The Morgan fingerprint density at radius 2 is 1.12 bits per heavy atom. The van der Waals surface area contributed by atoms with E-state index in [1.54, 1.807) is 0 Å². The number of halogens is 12. The highest BCUT2D eigenvalue weighted by molar-refractivity contribution is 5.87. The molecule has 0 rings (SSSR count). The second kappa shape index (κ2) is 10.7. The molecule has 0 amide bonds. The fraction of sp³-hybridized carbons (Fsp3) is 0.833. The van der Waals surface area contributed by atoms with Crippen LogP contribution in [-0.2, 0) is 9.53 Å². The first kappa shape index (κ1) is 31.3. The zero-order valence-corrected chi connectivity index (χ0v) is 17.2. The lowest BCUT2D eigenvalue weighted by molar-refractivity contribution is -0.425. The number of aliphatic hydroxyl groups is 1. The zero-order chi connectivity index (χ0) is 26.5. The molecule has 0 aliphatic rings. The van der Waals surface area contributed by atoms with Gasteiger partial charge in [0.05, 0.1) is 18.8 Å². The number of carbonyl (C=O) groups excluding carboxylic acids is 1. The summed E-state index contributed by atoms with van der Waals surface area (Å²) in [6.45, 7) is 2.26. The Balaban J connectivity index is 5.69. The van der Waals surface area contributed by atoms with Gasteiger partial charge in [-0.2, -0.15) is 52.7 Å². The van der Waals surface area contributed by atoms with Crippen molar-refractivity contribution >= 4 is 5.97 Å². The molecule has 0 bridgehead atoms. The second-order valence-electron chi connectivity index (χ2n) is 7.16. The first-order valence-electron chi connectivity index (χ1n) is 9.40. The Bertz CT molecular complexity index is 677. The lowest BCUT2D eigenvalue weighted by atomic mass is 9.88. The number of hydrogen-bond acceptors (Lipinski definition) is 3. The monoisotopic (exact) mass is 514 g/mol. The van der Waals surface area contributed by atoms with Gasteiger partial charge in [0.1, 0.15) is 0 Å². The molecule has 33 heavy (non-hydrogen) atoms. The fourth-order valence-electron chi connectivity index (χ4n) is 2.39. The highest BCUT2D eigenvalue weighted by atomic mass is 19.4. The van der Waals surface area contributed by atoms with Gasteiger partial charge in [-0.25, -0.2) is 4.79 Å². The SMILES string of the molecule is C=C(CO)C(=O)OCCCC(F)(F)C(F)(F)C(F)(F)C(F)(F)C(F)(F)C(F)(F)CCCCC. The van der Waals surface area contributed by atoms with E-state index in [0.717, 1.165) is 0 Å². The van der Waals surface area contributed by atoms with Crippen LogP contribution in [0.4, 0.5) is 52.7 Å². The van der Waals surface area contributed by atoms with Gasteiger partial charge in [0.15, 0.2) is 0 Å². The van der Waals surface area contributed by atoms with Crippen molar-refractivity contribution in [3.05, 3.63) is 12.2 Å². The van der Waals surface area contributed by atoms with E-state index in [0.29, 0.717) is 0 Å². The van der Waals surface area contributed by atoms with E-state index in [1.165, 1.54) is 6.92 Å². The van der Waals surface area contributed by atoms with Gasteiger partial charge in [-0.3, -0.25) is 0 Å². The van der Waals surface area contributed by atoms with Crippen molar-refractivity contribution < 1.29 is 67.3 Å². The number of carbonyl (C=O) groups is 1. The van der Waals surface area contributed by atoms with Gasteiger partial charge in [-0.05, 0) is 12.8 Å². The van der Waals surface area contributed by atoms with Crippen molar-refractivity contribution in [3.63, 3.8) is 0 Å². The number of unbranched alkanes of at least 4 members (excludes halogenated alkanes) is 2. The average Bonchev–Trinajstić information content (AvgIpc) is 2.69. The van der Waals surface area contributed by atoms with Gasteiger partial charge < -0.3 is 9.84 Å². The number of hydrogen-bond donors (Lipinski definition) is 1. The Labute approximate surface area is 180 Å². The van der Waals surface area contributed by atoms with Crippen LogP contribution in [0.25, 0.3) is 0 Å². The second-order valence-corrected chi connectivity index (χ2v) is 7.16. The molecule has 1 N–H and O–H groups in total. The van der Waals surface area contributed by atoms with Crippen LogP contribution in [-0.4, -0.2) is 59.8 Å². The van der Waals surface area contributed by atoms with Gasteiger partial charge >= 0.3 is 41.5 Å². The first-order valence-corrected chi connectivity index (χ1v) is 9.40. The topological polar surface area (TPSA) is 46.5 Å². The summed E-state index contributed by atoms with van der Waals surface area (Å²) in [5, 5.41) is 8.56. The molecule has 0 aromatic heterocycles. The summed E-state index contributed by atoms with van der Waals surface area (Å²) in [7, 11) is 0. The molecule has 0 atom stereocenters. The van der Waals surface area contributed by atoms with Crippen LogP contribution in [0.3, 0.4) is 0 Å². The van der Waals surface area contributed by atoms with Crippen LogP contribution in [0, 0.1) is 0 Å². The van der Waals surface area contributed by atoms with Gasteiger partial charge in [0, 0.05) is 12.8 Å². The Morgan fingerprint density at radius 1 is 0.727 bits per heavy atom. The summed E-state index contributed by atoms with van der Waals surface area (Å²) in [5.74, 6) is -42.9. The van der Waals surface area contributed by atoms with Crippen molar-refractivity contribution in [3.8, 4) is 0 Å². The predicted octanol–water partition coefficient (Wildman–Crippen LogP) is 6.25. The van der Waals surface area contributed by atoms with Crippen molar-refractivity contribution in [2.24, 2.45) is 0 Å². The van der Waals surface area contributed by atoms with Crippen LogP contribution < -0.4 is 0 Å². The lowest BCUT2D eigenvalue weighted by Gasteiger charge is -2.41. The summed E-state index contributed by atoms with van der Waals surface area (Å²) in [6, 6.07) is 0. The number of rotatable bonds is 15. The smallest absolute Gasteiger partial charge is 0.384 e. The van der Waals surface area contributed by atoms with Gasteiger partial charge in [-0.1, -0.05) is 26.3 Å². The first-order chi connectivity index (χ1) is 14.7. The predicted molar refractivity (Wildman–Crippen MR) is 90.2 cm³/mol. The standard InChI is InChI=1S/C18H22F12O3/c1-3-4-5-7-13(19,20)15(23,24)17(27,28)18(29,30)16(25,26)14(21,22)8-6-9-33-12(32)11(2)10-31/h31H,2-10H2,1H3. The normalized spacial score (nSPS) is 14.4. The van der Waals surface area contributed by atoms with E-state index in [-0.39, 0.29) is 12.8 Å². The highest BCUT2D eigenvalue weighted by Gasteiger charge is 2.89. The van der Waals surface area contributed by atoms with Gasteiger partial charge in [-0.15, -0.1) is 0 Å². The summed E-state index contributed by atoms with van der Waals surface area (Å²) in [4.78, 5) is 11.1. The molecule has 15 heteroatoms. The average molecular weight is 514 g/mol. The highest BCUT2D eigenvalue weighted by Crippen LogP contribution is 2.61. The molecule has 3 nitrogen and oxygen atoms in total. The van der Waals surface area contributed by atoms with Crippen molar-refractivity contribution in [2.45, 2.75) is 81.0 Å². The lowest BCUT2D eigenvalue weighted by Crippen LogP contribution is -2.70. The number of esters is 1. The Kier molecular flexibility index (Phi) is 10.2. The summed E-state index contributed by atoms with van der Waals surface area (Å²) in [6.07, 6.45) is -6.73. The largest absolute Gasteiger partial charge is 0.462 e. The van der Waals surface area contributed by atoms with Crippen molar-refractivity contribution in [2.75, 3.05) is 13.2 Å². The van der Waals surface area contributed by atoms with Crippen molar-refractivity contribution in [1.82, 2.24) is 0 Å². The summed E-state index contributed by atoms with van der Waals surface area (Å²) < 4.78 is 169. The number of alkyl halides is 12. The molecular weight excluding hydrogens is 492 g/mol. The fourth-order valence-corrected chi connectivity index (χ4v) is 2.39. The minimum atomic E-state index is -7.61. The van der Waals surface area contributed by atoms with Crippen LogP contribution in [0.5, 0.6) is 0 Å². The molecule has 0 radical (unpaired) electrons. The quantitative estimate of drug-likeness (QED) is 0.122. The molecule has 0 fully saturated rings. The summed E-state index contributed by atoms with van der Waals surface area (Å²) in [5.41, 5.74) is -0.597. The van der Waals surface area contributed by atoms with E-state index >= 15 is 0 Å². The van der Waals surface area contributed by atoms with Crippen molar-refractivity contribution in [1.29, 1.82) is 0 Å². The maximum absolute atomic E-state index is 13.8. The molecule has 0 heterocycles. The number of ether oxygens (including phenoxy) is 1. The Morgan fingerprint density at radius 3 is 1.48 bits per heavy atom. The molecule has 0 saturated carbocycles. The van der Waals surface area contributed by atoms with Gasteiger partial charge in [0.2, 0.25) is 0 Å². The van der Waals surface area contributed by atoms with E-state index in [2.05, 4.69) is 11.3 Å².